The van der Waals surface area contributed by atoms with Crippen LogP contribution in [0, 0.1) is 0 Å². The predicted octanol–water partition coefficient (Wildman–Crippen LogP) is 2.26. The largest absolute Gasteiger partial charge is 0.313 e. The Balaban J connectivity index is 1.94. The third-order valence-electron chi connectivity index (χ3n) is 3.40. The van der Waals surface area contributed by atoms with Crippen LogP contribution in [-0.4, -0.2) is 26.3 Å². The molecule has 1 aliphatic rings. The molecule has 108 valence electrons. The fraction of sp³-hybridized carbons (Fsp3) is 0.692. The van der Waals surface area contributed by atoms with Crippen LogP contribution in [0.15, 0.2) is 17.5 Å². The molecule has 1 heterocycles. The lowest BCUT2D eigenvalue weighted by atomic mass is 10.2. The third kappa shape index (κ3) is 4.27. The molecule has 2 rings (SSSR count). The van der Waals surface area contributed by atoms with Crippen molar-refractivity contribution in [2.24, 2.45) is 0 Å². The molecule has 1 aromatic heterocycles. The normalized spacial score (nSPS) is 19.3. The summed E-state index contributed by atoms with van der Waals surface area (Å²) in [6, 6.07) is 4.37. The van der Waals surface area contributed by atoms with Gasteiger partial charge in [0.2, 0.25) is 10.0 Å². The molecule has 2 unspecified atom stereocenters. The van der Waals surface area contributed by atoms with Gasteiger partial charge in [-0.1, -0.05) is 13.0 Å². The number of sulfonamides is 1. The lowest BCUT2D eigenvalue weighted by Crippen LogP contribution is -2.40. The summed E-state index contributed by atoms with van der Waals surface area (Å²) >= 11 is 1.59. The van der Waals surface area contributed by atoms with Crippen LogP contribution >= 0.6 is 11.3 Å². The zero-order valence-electron chi connectivity index (χ0n) is 11.4. The number of thiophene rings is 1. The highest BCUT2D eigenvalue weighted by atomic mass is 32.2. The number of hydrogen-bond acceptors (Lipinski definition) is 4. The van der Waals surface area contributed by atoms with Crippen molar-refractivity contribution < 1.29 is 8.42 Å². The van der Waals surface area contributed by atoms with Gasteiger partial charge in [-0.25, -0.2) is 13.1 Å². The zero-order valence-corrected chi connectivity index (χ0v) is 13.1. The first-order valence-corrected chi connectivity index (χ1v) is 9.23. The average Bonchev–Trinajstić information content (AvgIpc) is 3.05. The standard InChI is InChI=1S/C13H22N2O2S2/c1-3-12(13-5-4-8-18-13)15-19(16,17)10(2)9-14-11-6-7-11/h4-5,8,10-12,14-15H,3,6-7,9H2,1-2H3. The van der Waals surface area contributed by atoms with E-state index >= 15 is 0 Å². The summed E-state index contributed by atoms with van der Waals surface area (Å²) in [4.78, 5) is 1.08. The van der Waals surface area contributed by atoms with Gasteiger partial charge in [-0.3, -0.25) is 0 Å². The van der Waals surface area contributed by atoms with Crippen LogP contribution in [0.4, 0.5) is 0 Å². The topological polar surface area (TPSA) is 58.2 Å². The Labute approximate surface area is 119 Å². The molecular weight excluding hydrogens is 280 g/mol. The summed E-state index contributed by atoms with van der Waals surface area (Å²) in [6.45, 7) is 4.29. The minimum absolute atomic E-state index is 0.103. The Morgan fingerprint density at radius 2 is 2.21 bits per heavy atom. The number of hydrogen-bond donors (Lipinski definition) is 2. The second-order valence-corrected chi connectivity index (χ2v) is 8.24. The zero-order chi connectivity index (χ0) is 13.9. The van der Waals surface area contributed by atoms with Crippen LogP contribution < -0.4 is 10.0 Å². The van der Waals surface area contributed by atoms with E-state index in [2.05, 4.69) is 10.0 Å². The highest BCUT2D eigenvalue weighted by Crippen LogP contribution is 2.23. The Morgan fingerprint density at radius 1 is 1.47 bits per heavy atom. The maximum atomic E-state index is 12.3. The Morgan fingerprint density at radius 3 is 2.74 bits per heavy atom. The second kappa shape index (κ2) is 6.35. The van der Waals surface area contributed by atoms with E-state index in [0.717, 1.165) is 11.3 Å². The van der Waals surface area contributed by atoms with Crippen molar-refractivity contribution in [3.05, 3.63) is 22.4 Å². The molecule has 0 spiro atoms. The molecule has 0 bridgehead atoms. The predicted molar refractivity (Wildman–Crippen MR) is 79.9 cm³/mol. The van der Waals surface area contributed by atoms with E-state index in [1.165, 1.54) is 12.8 Å². The Bertz CT molecular complexity index is 481. The molecule has 0 amide bonds. The third-order valence-corrected chi connectivity index (χ3v) is 6.23. The highest BCUT2D eigenvalue weighted by Gasteiger charge is 2.27. The molecule has 0 aliphatic heterocycles. The minimum atomic E-state index is -3.27. The van der Waals surface area contributed by atoms with Gasteiger partial charge in [-0.15, -0.1) is 11.3 Å². The van der Waals surface area contributed by atoms with Crippen LogP contribution in [0.25, 0.3) is 0 Å². The van der Waals surface area contributed by atoms with E-state index in [-0.39, 0.29) is 6.04 Å². The van der Waals surface area contributed by atoms with Crippen molar-refractivity contribution in [1.82, 2.24) is 10.0 Å². The molecule has 19 heavy (non-hydrogen) atoms. The first kappa shape index (κ1) is 15.0. The number of nitrogens with one attached hydrogen (secondary N) is 2. The number of rotatable bonds is 8. The van der Waals surface area contributed by atoms with Gasteiger partial charge in [0.25, 0.3) is 0 Å². The van der Waals surface area contributed by atoms with E-state index in [1.807, 2.05) is 24.4 Å². The molecule has 2 N–H and O–H groups in total. The van der Waals surface area contributed by atoms with Gasteiger partial charge in [0.1, 0.15) is 0 Å². The van der Waals surface area contributed by atoms with E-state index in [0.29, 0.717) is 12.6 Å². The van der Waals surface area contributed by atoms with E-state index < -0.39 is 15.3 Å². The van der Waals surface area contributed by atoms with Crippen LogP contribution in [0.1, 0.15) is 44.0 Å². The van der Waals surface area contributed by atoms with Crippen molar-refractivity contribution in [3.63, 3.8) is 0 Å². The van der Waals surface area contributed by atoms with Gasteiger partial charge in [0, 0.05) is 17.5 Å². The molecular formula is C13H22N2O2S2. The molecule has 1 fully saturated rings. The van der Waals surface area contributed by atoms with E-state index in [1.54, 1.807) is 18.3 Å². The lowest BCUT2D eigenvalue weighted by Gasteiger charge is -2.20. The maximum Gasteiger partial charge on any atom is 0.216 e. The van der Waals surface area contributed by atoms with Crippen LogP contribution in [0.5, 0.6) is 0 Å². The van der Waals surface area contributed by atoms with Crippen molar-refractivity contribution in [3.8, 4) is 0 Å². The average molecular weight is 302 g/mol. The van der Waals surface area contributed by atoms with Gasteiger partial charge in [-0.05, 0) is 37.6 Å². The smallest absolute Gasteiger partial charge is 0.216 e. The molecule has 0 aromatic carbocycles. The minimum Gasteiger partial charge on any atom is -0.313 e. The van der Waals surface area contributed by atoms with Gasteiger partial charge in [0.05, 0.1) is 11.3 Å². The summed E-state index contributed by atoms with van der Waals surface area (Å²) < 4.78 is 27.4. The quantitative estimate of drug-likeness (QED) is 0.774. The highest BCUT2D eigenvalue weighted by molar-refractivity contribution is 7.90. The van der Waals surface area contributed by atoms with Crippen molar-refractivity contribution in [2.75, 3.05) is 6.54 Å². The van der Waals surface area contributed by atoms with Gasteiger partial charge >= 0.3 is 0 Å². The molecule has 0 saturated heterocycles. The molecule has 2 atom stereocenters. The van der Waals surface area contributed by atoms with Crippen LogP contribution in [-0.2, 0) is 10.0 Å². The molecule has 1 saturated carbocycles. The first-order valence-electron chi connectivity index (χ1n) is 6.81. The van der Waals surface area contributed by atoms with Gasteiger partial charge < -0.3 is 5.32 Å². The first-order chi connectivity index (χ1) is 9.03. The SMILES string of the molecule is CCC(NS(=O)(=O)C(C)CNC1CC1)c1cccs1. The van der Waals surface area contributed by atoms with E-state index in [4.69, 9.17) is 0 Å². The van der Waals surface area contributed by atoms with Gasteiger partial charge in [-0.2, -0.15) is 0 Å². The summed E-state index contributed by atoms with van der Waals surface area (Å²) in [5.41, 5.74) is 0. The molecule has 0 radical (unpaired) electrons. The molecule has 1 aliphatic carbocycles. The van der Waals surface area contributed by atoms with E-state index in [9.17, 15) is 8.42 Å². The molecule has 6 heteroatoms. The monoisotopic (exact) mass is 302 g/mol. The summed E-state index contributed by atoms with van der Waals surface area (Å²) in [6.07, 6.45) is 3.11. The van der Waals surface area contributed by atoms with Crippen LogP contribution in [0.3, 0.4) is 0 Å². The van der Waals surface area contributed by atoms with Crippen LogP contribution in [0.2, 0.25) is 0 Å². The second-order valence-electron chi connectivity index (χ2n) is 5.13. The lowest BCUT2D eigenvalue weighted by molar-refractivity contribution is 0.533. The maximum absolute atomic E-state index is 12.3. The Kier molecular flexibility index (Phi) is 5.00. The van der Waals surface area contributed by atoms with Crippen molar-refractivity contribution >= 4 is 21.4 Å². The fourth-order valence-electron chi connectivity index (χ4n) is 1.88. The molecule has 4 nitrogen and oxygen atoms in total. The Hall–Kier alpha value is -0.430. The summed E-state index contributed by atoms with van der Waals surface area (Å²) in [5.74, 6) is 0. The summed E-state index contributed by atoms with van der Waals surface area (Å²) in [5, 5.41) is 4.85. The van der Waals surface area contributed by atoms with Crippen molar-refractivity contribution in [1.29, 1.82) is 0 Å². The molecule has 1 aromatic rings. The summed E-state index contributed by atoms with van der Waals surface area (Å²) in [7, 11) is -3.27. The van der Waals surface area contributed by atoms with Gasteiger partial charge in [0.15, 0.2) is 0 Å². The fourth-order valence-corrected chi connectivity index (χ4v) is 4.05. The van der Waals surface area contributed by atoms with Crippen molar-refractivity contribution in [2.45, 2.75) is 50.4 Å².